The number of benzene rings is 3. The number of hydrogen-bond acceptors (Lipinski definition) is 6. The van der Waals surface area contributed by atoms with E-state index in [2.05, 4.69) is 4.98 Å². The molecule has 1 atom stereocenters. The van der Waals surface area contributed by atoms with Crippen molar-refractivity contribution in [3.05, 3.63) is 131 Å². The smallest absolute Gasteiger partial charge is 0.295 e. The number of amides is 1. The predicted molar refractivity (Wildman–Crippen MR) is 142 cm³/mol. The highest BCUT2D eigenvalue weighted by Crippen LogP contribution is 2.41. The van der Waals surface area contributed by atoms with Crippen LogP contribution in [0.25, 0.3) is 5.76 Å². The summed E-state index contributed by atoms with van der Waals surface area (Å²) >= 11 is 0. The number of aromatic nitrogens is 1. The van der Waals surface area contributed by atoms with Crippen LogP contribution in [0, 0.1) is 5.82 Å². The van der Waals surface area contributed by atoms with Gasteiger partial charge in [0.1, 0.15) is 18.1 Å². The van der Waals surface area contributed by atoms with Gasteiger partial charge in [0.15, 0.2) is 11.6 Å². The first-order chi connectivity index (χ1) is 19.0. The quantitative estimate of drug-likeness (QED) is 0.188. The van der Waals surface area contributed by atoms with Crippen molar-refractivity contribution in [2.75, 3.05) is 7.11 Å². The third kappa shape index (κ3) is 5.36. The van der Waals surface area contributed by atoms with E-state index in [4.69, 9.17) is 9.47 Å². The molecule has 8 heteroatoms. The van der Waals surface area contributed by atoms with Crippen LogP contribution < -0.4 is 9.47 Å². The number of methoxy groups -OCH3 is 1. The van der Waals surface area contributed by atoms with Crippen molar-refractivity contribution in [2.45, 2.75) is 19.2 Å². The van der Waals surface area contributed by atoms with Crippen molar-refractivity contribution in [3.8, 4) is 11.5 Å². The number of Topliss-reactive ketones (excluding diaryl/α,β-unsaturated/α-hetero) is 1. The number of ether oxygens (including phenoxy) is 2. The van der Waals surface area contributed by atoms with Crippen LogP contribution in [0.1, 0.15) is 28.3 Å². The lowest BCUT2D eigenvalue weighted by atomic mass is 9.95. The maximum atomic E-state index is 14.5. The van der Waals surface area contributed by atoms with Gasteiger partial charge in [-0.25, -0.2) is 4.39 Å². The van der Waals surface area contributed by atoms with Crippen molar-refractivity contribution in [3.63, 3.8) is 0 Å². The van der Waals surface area contributed by atoms with Gasteiger partial charge in [-0.3, -0.25) is 14.6 Å². The Bertz CT molecular complexity index is 1520. The molecular weight excluding hydrogens is 499 g/mol. The Hall–Kier alpha value is -4.98. The van der Waals surface area contributed by atoms with Gasteiger partial charge < -0.3 is 19.5 Å². The van der Waals surface area contributed by atoms with Gasteiger partial charge in [-0.15, -0.1) is 0 Å². The van der Waals surface area contributed by atoms with Crippen LogP contribution in [0.5, 0.6) is 11.5 Å². The minimum Gasteiger partial charge on any atom is -0.507 e. The maximum Gasteiger partial charge on any atom is 0.295 e. The topological polar surface area (TPSA) is 89.0 Å². The predicted octanol–water partition coefficient (Wildman–Crippen LogP) is 5.43. The summed E-state index contributed by atoms with van der Waals surface area (Å²) < 4.78 is 25.3. The van der Waals surface area contributed by atoms with Gasteiger partial charge in [0.25, 0.3) is 11.7 Å². The molecule has 1 amide bonds. The molecule has 1 aromatic heterocycles. The minimum atomic E-state index is -0.918. The lowest BCUT2D eigenvalue weighted by Gasteiger charge is -2.25. The Morgan fingerprint density at radius 1 is 0.974 bits per heavy atom. The summed E-state index contributed by atoms with van der Waals surface area (Å²) in [5.41, 5.74) is 2.23. The molecule has 196 valence electrons. The normalized spacial score (nSPS) is 16.4. The highest BCUT2D eigenvalue weighted by atomic mass is 19.1. The SMILES string of the molecule is COc1ccc(/C(O)=C2\C(=O)C(=O)N(Cc3cccnc3)C2c2ccc(OCc3ccccc3)cc2)cc1F. The monoisotopic (exact) mass is 524 g/mol. The number of hydrogen-bond donors (Lipinski definition) is 1. The van der Waals surface area contributed by atoms with Crippen molar-refractivity contribution >= 4 is 17.4 Å². The highest BCUT2D eigenvalue weighted by molar-refractivity contribution is 6.46. The highest BCUT2D eigenvalue weighted by Gasteiger charge is 2.46. The zero-order chi connectivity index (χ0) is 27.4. The van der Waals surface area contributed by atoms with Crippen LogP contribution in [0.3, 0.4) is 0 Å². The summed E-state index contributed by atoms with van der Waals surface area (Å²) in [4.78, 5) is 32.0. The van der Waals surface area contributed by atoms with Crippen LogP contribution in [-0.4, -0.2) is 33.8 Å². The van der Waals surface area contributed by atoms with E-state index in [-0.39, 0.29) is 23.4 Å². The lowest BCUT2D eigenvalue weighted by Crippen LogP contribution is -2.29. The van der Waals surface area contributed by atoms with Gasteiger partial charge in [-0.2, -0.15) is 0 Å². The molecule has 0 bridgehead atoms. The molecule has 4 aromatic rings. The molecule has 2 heterocycles. The second-order valence-electron chi connectivity index (χ2n) is 8.98. The molecule has 1 N–H and O–H groups in total. The van der Waals surface area contributed by atoms with Crippen molar-refractivity contribution in [2.24, 2.45) is 0 Å². The van der Waals surface area contributed by atoms with E-state index < -0.39 is 29.3 Å². The van der Waals surface area contributed by atoms with Crippen LogP contribution in [0.4, 0.5) is 4.39 Å². The number of aliphatic hydroxyl groups is 1. The first-order valence-electron chi connectivity index (χ1n) is 12.2. The van der Waals surface area contributed by atoms with E-state index in [1.54, 1.807) is 48.8 Å². The molecule has 7 nitrogen and oxygen atoms in total. The number of carbonyl (C=O) groups is 2. The number of nitrogens with zero attached hydrogens (tertiary/aromatic N) is 2. The number of pyridine rings is 1. The molecule has 1 saturated heterocycles. The third-order valence-electron chi connectivity index (χ3n) is 6.49. The van der Waals surface area contributed by atoms with Crippen molar-refractivity contribution in [1.82, 2.24) is 9.88 Å². The van der Waals surface area contributed by atoms with Crippen LogP contribution in [0.2, 0.25) is 0 Å². The molecule has 1 aliphatic heterocycles. The van der Waals surface area contributed by atoms with Gasteiger partial charge in [-0.05, 0) is 53.1 Å². The van der Waals surface area contributed by atoms with Gasteiger partial charge in [0.05, 0.1) is 18.7 Å². The van der Waals surface area contributed by atoms with Gasteiger partial charge in [0, 0.05) is 24.5 Å². The summed E-state index contributed by atoms with van der Waals surface area (Å²) in [7, 11) is 1.33. The Labute approximate surface area is 224 Å². The van der Waals surface area contributed by atoms with E-state index in [9.17, 15) is 19.1 Å². The molecule has 39 heavy (non-hydrogen) atoms. The summed E-state index contributed by atoms with van der Waals surface area (Å²) in [5.74, 6) is -2.22. The van der Waals surface area contributed by atoms with Gasteiger partial charge in [-0.1, -0.05) is 48.5 Å². The molecule has 1 fully saturated rings. The molecule has 1 aliphatic rings. The summed E-state index contributed by atoms with van der Waals surface area (Å²) in [5, 5.41) is 11.2. The fraction of sp³-hybridized carbons (Fsp3) is 0.129. The van der Waals surface area contributed by atoms with Crippen LogP contribution >= 0.6 is 0 Å². The summed E-state index contributed by atoms with van der Waals surface area (Å²) in [6.45, 7) is 0.464. The summed E-state index contributed by atoms with van der Waals surface area (Å²) in [6, 6.07) is 23.2. The molecule has 0 spiro atoms. The first kappa shape index (κ1) is 25.7. The molecule has 0 aliphatic carbocycles. The maximum absolute atomic E-state index is 14.5. The van der Waals surface area contributed by atoms with E-state index in [1.165, 1.54) is 24.1 Å². The first-order valence-corrected chi connectivity index (χ1v) is 12.2. The van der Waals surface area contributed by atoms with Crippen molar-refractivity contribution in [1.29, 1.82) is 0 Å². The second kappa shape index (κ2) is 11.2. The molecule has 0 radical (unpaired) electrons. The Morgan fingerprint density at radius 3 is 2.38 bits per heavy atom. The van der Waals surface area contributed by atoms with E-state index >= 15 is 0 Å². The average Bonchev–Trinajstić information content (AvgIpc) is 3.22. The molecule has 0 saturated carbocycles. The van der Waals surface area contributed by atoms with Crippen LogP contribution in [0.15, 0.2) is 103 Å². The van der Waals surface area contributed by atoms with Gasteiger partial charge in [0.2, 0.25) is 0 Å². The lowest BCUT2D eigenvalue weighted by molar-refractivity contribution is -0.140. The fourth-order valence-electron chi connectivity index (χ4n) is 4.53. The average molecular weight is 525 g/mol. The Morgan fingerprint density at radius 2 is 1.72 bits per heavy atom. The number of aliphatic hydroxyl groups excluding tert-OH is 1. The van der Waals surface area contributed by atoms with E-state index in [0.29, 0.717) is 23.5 Å². The van der Waals surface area contributed by atoms with E-state index in [0.717, 1.165) is 11.6 Å². The number of halogens is 1. The minimum absolute atomic E-state index is 0.00813. The molecular formula is C31H25FN2O5. The standard InChI is InChI=1S/C31H25FN2O5/c1-38-26-14-11-23(16-25(26)32)29(35)27-28(34(31(37)30(27)36)18-21-8-5-15-33-17-21)22-9-12-24(13-10-22)39-19-20-6-3-2-4-7-20/h2-17,28,35H,18-19H2,1H3/b29-27+. The third-order valence-corrected chi connectivity index (χ3v) is 6.49. The van der Waals surface area contributed by atoms with Crippen LogP contribution in [-0.2, 0) is 22.7 Å². The summed E-state index contributed by atoms with van der Waals surface area (Å²) in [6.07, 6.45) is 3.22. The Kier molecular flexibility index (Phi) is 7.36. The largest absolute Gasteiger partial charge is 0.507 e. The number of ketones is 1. The molecule has 3 aromatic carbocycles. The van der Waals surface area contributed by atoms with E-state index in [1.807, 2.05) is 30.3 Å². The molecule has 1 unspecified atom stereocenters. The second-order valence-corrected chi connectivity index (χ2v) is 8.98. The van der Waals surface area contributed by atoms with Crippen molar-refractivity contribution < 1.29 is 28.6 Å². The number of carbonyl (C=O) groups excluding carboxylic acids is 2. The Balaban J connectivity index is 1.53. The fourth-order valence-corrected chi connectivity index (χ4v) is 4.53. The zero-order valence-electron chi connectivity index (χ0n) is 21.1. The number of likely N-dealkylation sites (tertiary alicyclic amines) is 1. The zero-order valence-corrected chi connectivity index (χ0v) is 21.1. The number of rotatable bonds is 8. The molecule has 5 rings (SSSR count). The van der Waals surface area contributed by atoms with Gasteiger partial charge >= 0.3 is 0 Å².